The van der Waals surface area contributed by atoms with Gasteiger partial charge < -0.3 is 15.5 Å². The highest BCUT2D eigenvalue weighted by Gasteiger charge is 2.11. The van der Waals surface area contributed by atoms with Crippen LogP contribution in [0.2, 0.25) is 0 Å². The number of hydrogen-bond donors (Lipinski definition) is 2. The molecule has 0 aliphatic carbocycles. The second kappa shape index (κ2) is 8.83. The molecule has 2 aromatic carbocycles. The number of carbonyl (C=O) groups is 1. The SMILES string of the molecule is Cc1ccc(F)c(CC(=O)Cc2ccc(Oc3cc(N)nc(-c4ccc[nH]4)c3)cc2)c1. The second-order valence-corrected chi connectivity index (χ2v) is 7.43. The number of benzene rings is 2. The molecule has 0 fully saturated rings. The van der Waals surface area contributed by atoms with Crippen molar-refractivity contribution in [1.29, 1.82) is 0 Å². The van der Waals surface area contributed by atoms with Crippen LogP contribution in [0.25, 0.3) is 11.4 Å². The molecule has 6 heteroatoms. The number of aromatic nitrogens is 2. The Labute approximate surface area is 179 Å². The lowest BCUT2D eigenvalue weighted by atomic mass is 10.0. The fourth-order valence-corrected chi connectivity index (χ4v) is 3.37. The number of nitrogens with two attached hydrogens (primary N) is 1. The van der Waals surface area contributed by atoms with Gasteiger partial charge in [0.1, 0.15) is 28.9 Å². The van der Waals surface area contributed by atoms with Crippen molar-refractivity contribution in [1.82, 2.24) is 9.97 Å². The Bertz CT molecular complexity index is 1200. The molecule has 156 valence electrons. The lowest BCUT2D eigenvalue weighted by molar-refractivity contribution is -0.117. The van der Waals surface area contributed by atoms with Crippen molar-refractivity contribution < 1.29 is 13.9 Å². The van der Waals surface area contributed by atoms with Crippen LogP contribution in [-0.2, 0) is 17.6 Å². The molecular formula is C25H22FN3O2. The molecule has 0 saturated heterocycles. The molecule has 4 rings (SSSR count). The van der Waals surface area contributed by atoms with Crippen LogP contribution in [0.15, 0.2) is 72.9 Å². The Kier molecular flexibility index (Phi) is 5.80. The second-order valence-electron chi connectivity index (χ2n) is 7.43. The first kappa shape index (κ1) is 20.3. The van der Waals surface area contributed by atoms with Crippen molar-refractivity contribution in [2.75, 3.05) is 5.73 Å². The molecule has 4 aromatic rings. The molecule has 0 radical (unpaired) electrons. The standard InChI is InChI=1S/C25H22FN3O2/c1-16-4-9-22(26)18(11-16)13-19(30)12-17-5-7-20(8-6-17)31-21-14-24(29-25(27)15-21)23-3-2-10-28-23/h2-11,14-15,28H,12-13H2,1H3,(H2,27,29). The average molecular weight is 415 g/mol. The smallest absolute Gasteiger partial charge is 0.141 e. The van der Waals surface area contributed by atoms with Crippen molar-refractivity contribution in [3.8, 4) is 22.9 Å². The molecule has 0 spiro atoms. The summed E-state index contributed by atoms with van der Waals surface area (Å²) in [5.41, 5.74) is 9.64. The Hall–Kier alpha value is -3.93. The molecule has 0 aliphatic heterocycles. The summed E-state index contributed by atoms with van der Waals surface area (Å²) in [6.07, 6.45) is 2.12. The number of aryl methyl sites for hydroxylation is 1. The highest BCUT2D eigenvalue weighted by atomic mass is 19.1. The molecule has 0 bridgehead atoms. The van der Waals surface area contributed by atoms with Crippen LogP contribution in [0.5, 0.6) is 11.5 Å². The molecule has 3 N–H and O–H groups in total. The number of pyridine rings is 1. The van der Waals surface area contributed by atoms with E-state index >= 15 is 0 Å². The molecule has 0 saturated carbocycles. The summed E-state index contributed by atoms with van der Waals surface area (Å²) < 4.78 is 19.8. The van der Waals surface area contributed by atoms with Gasteiger partial charge in [-0.3, -0.25) is 4.79 Å². The molecule has 0 aliphatic rings. The topological polar surface area (TPSA) is 81.0 Å². The van der Waals surface area contributed by atoms with E-state index in [4.69, 9.17) is 10.5 Å². The number of carbonyl (C=O) groups excluding carboxylic acids is 1. The van der Waals surface area contributed by atoms with Crippen molar-refractivity contribution in [3.63, 3.8) is 0 Å². The predicted molar refractivity (Wildman–Crippen MR) is 119 cm³/mol. The molecule has 31 heavy (non-hydrogen) atoms. The normalized spacial score (nSPS) is 10.8. The zero-order chi connectivity index (χ0) is 21.8. The lowest BCUT2D eigenvalue weighted by Gasteiger charge is -2.09. The average Bonchev–Trinajstić information content (AvgIpc) is 3.27. The number of H-pyrrole nitrogens is 1. The maximum absolute atomic E-state index is 13.9. The summed E-state index contributed by atoms with van der Waals surface area (Å²) in [6.45, 7) is 1.88. The van der Waals surface area contributed by atoms with Gasteiger partial charge in [0, 0.05) is 31.2 Å². The summed E-state index contributed by atoms with van der Waals surface area (Å²) in [5, 5.41) is 0. The number of nitrogens with zero attached hydrogens (tertiary/aromatic N) is 1. The van der Waals surface area contributed by atoms with Crippen molar-refractivity contribution in [2.45, 2.75) is 19.8 Å². The summed E-state index contributed by atoms with van der Waals surface area (Å²) in [6, 6.07) is 19.3. The van der Waals surface area contributed by atoms with E-state index in [2.05, 4.69) is 9.97 Å². The lowest BCUT2D eigenvalue weighted by Crippen LogP contribution is -2.08. The number of ether oxygens (including phenoxy) is 1. The number of ketones is 1. The van der Waals surface area contributed by atoms with E-state index in [1.165, 1.54) is 6.07 Å². The number of nitrogen functional groups attached to an aromatic ring is 1. The fraction of sp³-hybridized carbons (Fsp3) is 0.120. The van der Waals surface area contributed by atoms with Crippen molar-refractivity contribution >= 4 is 11.6 Å². The van der Waals surface area contributed by atoms with Gasteiger partial charge in [-0.1, -0.05) is 29.8 Å². The fourth-order valence-electron chi connectivity index (χ4n) is 3.37. The molecular weight excluding hydrogens is 393 g/mol. The van der Waals surface area contributed by atoms with E-state index in [0.717, 1.165) is 16.8 Å². The van der Waals surface area contributed by atoms with Crippen LogP contribution in [0.1, 0.15) is 16.7 Å². The van der Waals surface area contributed by atoms with E-state index < -0.39 is 0 Å². The number of anilines is 1. The molecule has 0 amide bonds. The van der Waals surface area contributed by atoms with Crippen molar-refractivity contribution in [3.05, 3.63) is 95.4 Å². The van der Waals surface area contributed by atoms with E-state index in [1.807, 2.05) is 37.4 Å². The highest BCUT2D eigenvalue weighted by Crippen LogP contribution is 2.27. The first-order chi connectivity index (χ1) is 15.0. The third-order valence-corrected chi connectivity index (χ3v) is 4.84. The van der Waals surface area contributed by atoms with Gasteiger partial charge in [-0.2, -0.15) is 0 Å². The van der Waals surface area contributed by atoms with Gasteiger partial charge in [0.15, 0.2) is 0 Å². The first-order valence-electron chi connectivity index (χ1n) is 9.91. The number of aromatic amines is 1. The van der Waals surface area contributed by atoms with E-state index in [9.17, 15) is 9.18 Å². The highest BCUT2D eigenvalue weighted by molar-refractivity contribution is 5.83. The van der Waals surface area contributed by atoms with Crippen LogP contribution >= 0.6 is 0 Å². The monoisotopic (exact) mass is 415 g/mol. The zero-order valence-corrected chi connectivity index (χ0v) is 17.1. The van der Waals surface area contributed by atoms with Gasteiger partial charge in [-0.05, 0) is 48.4 Å². The predicted octanol–water partition coefficient (Wildman–Crippen LogP) is 5.25. The summed E-state index contributed by atoms with van der Waals surface area (Å²) >= 11 is 0. The van der Waals surface area contributed by atoms with Gasteiger partial charge in [0.25, 0.3) is 0 Å². The third kappa shape index (κ3) is 5.17. The number of halogens is 1. The summed E-state index contributed by atoms with van der Waals surface area (Å²) in [4.78, 5) is 19.8. The molecule has 0 atom stereocenters. The van der Waals surface area contributed by atoms with Crippen LogP contribution in [0.3, 0.4) is 0 Å². The van der Waals surface area contributed by atoms with E-state index in [0.29, 0.717) is 28.6 Å². The van der Waals surface area contributed by atoms with E-state index in [1.54, 1.807) is 36.4 Å². The summed E-state index contributed by atoms with van der Waals surface area (Å²) in [7, 11) is 0. The molecule has 2 aromatic heterocycles. The Morgan fingerprint density at radius 1 is 1.03 bits per heavy atom. The van der Waals surface area contributed by atoms with E-state index in [-0.39, 0.29) is 24.4 Å². The van der Waals surface area contributed by atoms with Gasteiger partial charge in [-0.15, -0.1) is 0 Å². The molecule has 0 unspecified atom stereocenters. The maximum atomic E-state index is 13.9. The quantitative estimate of drug-likeness (QED) is 0.432. The maximum Gasteiger partial charge on any atom is 0.141 e. The first-order valence-corrected chi connectivity index (χ1v) is 9.91. The van der Waals surface area contributed by atoms with Crippen LogP contribution < -0.4 is 10.5 Å². The summed E-state index contributed by atoms with van der Waals surface area (Å²) in [5.74, 6) is 1.14. The molecule has 2 heterocycles. The third-order valence-electron chi connectivity index (χ3n) is 4.84. The van der Waals surface area contributed by atoms with Crippen LogP contribution in [-0.4, -0.2) is 15.8 Å². The van der Waals surface area contributed by atoms with Crippen LogP contribution in [0, 0.1) is 12.7 Å². The van der Waals surface area contributed by atoms with Gasteiger partial charge in [-0.25, -0.2) is 9.37 Å². The molecule has 5 nitrogen and oxygen atoms in total. The zero-order valence-electron chi connectivity index (χ0n) is 17.1. The Morgan fingerprint density at radius 3 is 2.58 bits per heavy atom. The van der Waals surface area contributed by atoms with Crippen molar-refractivity contribution in [2.24, 2.45) is 0 Å². The van der Waals surface area contributed by atoms with Gasteiger partial charge in [0.2, 0.25) is 0 Å². The number of hydrogen-bond acceptors (Lipinski definition) is 4. The minimum absolute atomic E-state index is 0.0457. The van der Waals surface area contributed by atoms with Gasteiger partial charge >= 0.3 is 0 Å². The largest absolute Gasteiger partial charge is 0.457 e. The number of rotatable bonds is 7. The number of Topliss-reactive ketones (excluding diaryl/α,β-unsaturated/α-hetero) is 1. The Morgan fingerprint density at radius 2 is 1.84 bits per heavy atom. The van der Waals surface area contributed by atoms with Crippen LogP contribution in [0.4, 0.5) is 10.2 Å². The minimum Gasteiger partial charge on any atom is -0.457 e. The Balaban J connectivity index is 1.42. The van der Waals surface area contributed by atoms with Gasteiger partial charge in [0.05, 0.1) is 11.4 Å². The number of nitrogens with one attached hydrogen (secondary N) is 1. The minimum atomic E-state index is -0.349.